The van der Waals surface area contributed by atoms with Crippen LogP contribution in [0.4, 0.5) is 11.5 Å². The van der Waals surface area contributed by atoms with Crippen LogP contribution in [-0.2, 0) is 0 Å². The second-order valence-corrected chi connectivity index (χ2v) is 4.01. The van der Waals surface area contributed by atoms with Crippen molar-refractivity contribution in [2.24, 2.45) is 0 Å². The van der Waals surface area contributed by atoms with E-state index in [4.69, 9.17) is 17.3 Å². The van der Waals surface area contributed by atoms with E-state index in [9.17, 15) is 4.79 Å². The molecule has 0 aliphatic heterocycles. The van der Waals surface area contributed by atoms with Crippen molar-refractivity contribution < 1.29 is 4.79 Å². The predicted molar refractivity (Wildman–Crippen MR) is 67.1 cm³/mol. The van der Waals surface area contributed by atoms with Crippen LogP contribution in [0.2, 0.25) is 5.02 Å². The van der Waals surface area contributed by atoms with E-state index in [0.29, 0.717) is 27.8 Å². The minimum absolute atomic E-state index is 0.300. The van der Waals surface area contributed by atoms with E-state index in [1.807, 2.05) is 0 Å². The summed E-state index contributed by atoms with van der Waals surface area (Å²) in [6.45, 7) is 1.78. The molecule has 0 aliphatic rings. The van der Waals surface area contributed by atoms with E-state index < -0.39 is 0 Å². The Balaban J connectivity index is 2.20. The van der Waals surface area contributed by atoms with Gasteiger partial charge in [-0.3, -0.25) is 9.89 Å². The number of aryl methyl sites for hydroxylation is 1. The summed E-state index contributed by atoms with van der Waals surface area (Å²) >= 11 is 5.80. The maximum absolute atomic E-state index is 11.8. The lowest BCUT2D eigenvalue weighted by molar-refractivity contribution is 0.102. The SMILES string of the molecule is Cc1[nH]nc(NC(=O)c2cccc(Cl)c2)c1N. The molecule has 1 heterocycles. The highest BCUT2D eigenvalue weighted by Gasteiger charge is 2.11. The lowest BCUT2D eigenvalue weighted by Gasteiger charge is -2.03. The minimum Gasteiger partial charge on any atom is -0.394 e. The number of hydrogen-bond acceptors (Lipinski definition) is 3. The van der Waals surface area contributed by atoms with E-state index in [1.165, 1.54) is 0 Å². The molecule has 1 aromatic carbocycles. The third kappa shape index (κ3) is 2.39. The molecule has 0 saturated carbocycles. The fourth-order valence-electron chi connectivity index (χ4n) is 1.34. The molecule has 6 heteroatoms. The maximum Gasteiger partial charge on any atom is 0.256 e. The van der Waals surface area contributed by atoms with Gasteiger partial charge in [0.1, 0.15) is 0 Å². The molecule has 88 valence electrons. The molecule has 5 nitrogen and oxygen atoms in total. The zero-order valence-corrected chi connectivity index (χ0v) is 9.88. The Kier molecular flexibility index (Phi) is 3.01. The first-order valence-corrected chi connectivity index (χ1v) is 5.33. The van der Waals surface area contributed by atoms with Gasteiger partial charge >= 0.3 is 0 Å². The Labute approximate surface area is 103 Å². The van der Waals surface area contributed by atoms with Gasteiger partial charge in [0.15, 0.2) is 5.82 Å². The molecule has 0 aliphatic carbocycles. The lowest BCUT2D eigenvalue weighted by Crippen LogP contribution is -2.13. The molecule has 0 unspecified atom stereocenters. The molecule has 0 saturated heterocycles. The number of amides is 1. The molecule has 17 heavy (non-hydrogen) atoms. The lowest BCUT2D eigenvalue weighted by atomic mass is 10.2. The van der Waals surface area contributed by atoms with Gasteiger partial charge in [-0.05, 0) is 25.1 Å². The molecule has 0 bridgehead atoms. The van der Waals surface area contributed by atoms with Crippen molar-refractivity contribution in [2.45, 2.75) is 6.92 Å². The fraction of sp³-hybridized carbons (Fsp3) is 0.0909. The van der Waals surface area contributed by atoms with Crippen molar-refractivity contribution in [3.63, 3.8) is 0 Å². The van der Waals surface area contributed by atoms with Crippen LogP contribution in [-0.4, -0.2) is 16.1 Å². The number of nitrogens with one attached hydrogen (secondary N) is 2. The summed E-state index contributed by atoms with van der Waals surface area (Å²) in [7, 11) is 0. The molecule has 4 N–H and O–H groups in total. The van der Waals surface area contributed by atoms with Crippen molar-refractivity contribution in [3.8, 4) is 0 Å². The van der Waals surface area contributed by atoms with Crippen LogP contribution in [0, 0.1) is 6.92 Å². The number of carbonyl (C=O) groups excluding carboxylic acids is 1. The summed E-state index contributed by atoms with van der Waals surface area (Å²) in [6, 6.07) is 6.64. The van der Waals surface area contributed by atoms with Crippen molar-refractivity contribution in [3.05, 3.63) is 40.5 Å². The number of halogens is 1. The molecule has 0 atom stereocenters. The highest BCUT2D eigenvalue weighted by atomic mass is 35.5. The monoisotopic (exact) mass is 250 g/mol. The van der Waals surface area contributed by atoms with Crippen LogP contribution in [0.15, 0.2) is 24.3 Å². The average molecular weight is 251 g/mol. The van der Waals surface area contributed by atoms with Gasteiger partial charge in [-0.25, -0.2) is 0 Å². The number of aromatic amines is 1. The summed E-state index contributed by atoms with van der Waals surface area (Å²) in [5, 5.41) is 9.69. The number of nitrogens with two attached hydrogens (primary N) is 1. The highest BCUT2D eigenvalue weighted by Crippen LogP contribution is 2.19. The van der Waals surface area contributed by atoms with Crippen LogP contribution in [0.3, 0.4) is 0 Å². The molecule has 2 rings (SSSR count). The average Bonchev–Trinajstić information content (AvgIpc) is 2.61. The van der Waals surface area contributed by atoms with Crippen LogP contribution >= 0.6 is 11.6 Å². The topological polar surface area (TPSA) is 83.8 Å². The van der Waals surface area contributed by atoms with Crippen LogP contribution in [0.5, 0.6) is 0 Å². The fourth-order valence-corrected chi connectivity index (χ4v) is 1.53. The Morgan fingerprint density at radius 2 is 2.29 bits per heavy atom. The summed E-state index contributed by atoms with van der Waals surface area (Å²) in [4.78, 5) is 11.8. The number of nitrogens with zero attached hydrogens (tertiary/aromatic N) is 1. The molecule has 1 aromatic heterocycles. The van der Waals surface area contributed by atoms with Gasteiger partial charge in [-0.2, -0.15) is 5.10 Å². The molecule has 0 spiro atoms. The Morgan fingerprint density at radius 1 is 1.53 bits per heavy atom. The van der Waals surface area contributed by atoms with E-state index in [0.717, 1.165) is 0 Å². The number of nitrogen functional groups attached to an aromatic ring is 1. The Morgan fingerprint density at radius 3 is 2.88 bits per heavy atom. The molecule has 0 fully saturated rings. The summed E-state index contributed by atoms with van der Waals surface area (Å²) < 4.78 is 0. The first-order valence-electron chi connectivity index (χ1n) is 4.95. The third-order valence-corrected chi connectivity index (χ3v) is 2.55. The number of rotatable bonds is 2. The summed E-state index contributed by atoms with van der Waals surface area (Å²) in [6.07, 6.45) is 0. The quantitative estimate of drug-likeness (QED) is 0.764. The van der Waals surface area contributed by atoms with Crippen molar-refractivity contribution in [2.75, 3.05) is 11.1 Å². The van der Waals surface area contributed by atoms with Crippen LogP contribution in [0.1, 0.15) is 16.1 Å². The van der Waals surface area contributed by atoms with Crippen molar-refractivity contribution >= 4 is 29.0 Å². The van der Waals surface area contributed by atoms with Crippen LogP contribution < -0.4 is 11.1 Å². The maximum atomic E-state index is 11.8. The van der Waals surface area contributed by atoms with Gasteiger partial charge in [0, 0.05) is 10.6 Å². The smallest absolute Gasteiger partial charge is 0.256 e. The predicted octanol–water partition coefficient (Wildman–Crippen LogP) is 2.21. The van der Waals surface area contributed by atoms with Gasteiger partial charge in [-0.1, -0.05) is 17.7 Å². The highest BCUT2D eigenvalue weighted by molar-refractivity contribution is 6.31. The van der Waals surface area contributed by atoms with Crippen molar-refractivity contribution in [1.82, 2.24) is 10.2 Å². The molecular formula is C11H11ClN4O. The summed E-state index contributed by atoms with van der Waals surface area (Å²) in [5.41, 5.74) is 7.33. The molecular weight excluding hydrogens is 240 g/mol. The van der Waals surface area contributed by atoms with E-state index in [-0.39, 0.29) is 5.91 Å². The van der Waals surface area contributed by atoms with Crippen molar-refractivity contribution in [1.29, 1.82) is 0 Å². The number of aromatic nitrogens is 2. The standard InChI is InChI=1S/C11H11ClN4O/c1-6-9(13)10(16-15-6)14-11(17)7-3-2-4-8(12)5-7/h2-5H,13H2,1H3,(H2,14,15,16,17). The molecule has 2 aromatic rings. The van der Waals surface area contributed by atoms with E-state index in [1.54, 1.807) is 31.2 Å². The second-order valence-electron chi connectivity index (χ2n) is 3.58. The molecule has 0 radical (unpaired) electrons. The number of carbonyl (C=O) groups is 1. The Hall–Kier alpha value is -2.01. The largest absolute Gasteiger partial charge is 0.394 e. The number of anilines is 2. The normalized spacial score (nSPS) is 10.2. The minimum atomic E-state index is -0.300. The third-order valence-electron chi connectivity index (χ3n) is 2.31. The van der Waals surface area contributed by atoms with E-state index in [2.05, 4.69) is 15.5 Å². The van der Waals surface area contributed by atoms with Gasteiger partial charge < -0.3 is 11.1 Å². The number of hydrogen-bond donors (Lipinski definition) is 3. The van der Waals surface area contributed by atoms with Gasteiger partial charge in [0.25, 0.3) is 5.91 Å². The zero-order valence-electron chi connectivity index (χ0n) is 9.12. The second kappa shape index (κ2) is 4.47. The summed E-state index contributed by atoms with van der Waals surface area (Å²) in [5.74, 6) is 0.0261. The van der Waals surface area contributed by atoms with E-state index >= 15 is 0 Å². The number of benzene rings is 1. The first kappa shape index (κ1) is 11.5. The van der Waals surface area contributed by atoms with Gasteiger partial charge in [0.2, 0.25) is 0 Å². The first-order chi connectivity index (χ1) is 8.08. The van der Waals surface area contributed by atoms with Crippen LogP contribution in [0.25, 0.3) is 0 Å². The Bertz CT molecular complexity index is 564. The number of H-pyrrole nitrogens is 1. The van der Waals surface area contributed by atoms with Gasteiger partial charge in [0.05, 0.1) is 11.4 Å². The molecule has 1 amide bonds. The van der Waals surface area contributed by atoms with Gasteiger partial charge in [-0.15, -0.1) is 0 Å². The zero-order chi connectivity index (χ0) is 12.4.